The lowest BCUT2D eigenvalue weighted by molar-refractivity contribution is -0.159. The molecular formula is C24H19F2N3O4. The first-order valence-electron chi connectivity index (χ1n) is 10.2. The number of hydrogen-bond acceptors (Lipinski definition) is 5. The van der Waals surface area contributed by atoms with E-state index in [4.69, 9.17) is 15.2 Å². The predicted octanol–water partition coefficient (Wildman–Crippen LogP) is 3.55. The molecule has 1 aromatic heterocycles. The number of pyridine rings is 1. The molecule has 2 aromatic carbocycles. The molecule has 7 nitrogen and oxygen atoms in total. The van der Waals surface area contributed by atoms with E-state index in [-0.39, 0.29) is 11.5 Å². The maximum atomic E-state index is 13.1. The smallest absolute Gasteiger partial charge is 0.282 e. The summed E-state index contributed by atoms with van der Waals surface area (Å²) in [6.45, 7) is -1.10. The molecule has 3 aromatic rings. The monoisotopic (exact) mass is 451 g/mol. The Labute approximate surface area is 187 Å². The van der Waals surface area contributed by atoms with E-state index in [1.807, 2.05) is 6.07 Å². The lowest BCUT2D eigenvalue weighted by atomic mass is 10.0. The molecular weight excluding hydrogens is 432 g/mol. The number of nitrogens with zero attached hydrogens (tertiary/aromatic N) is 2. The van der Waals surface area contributed by atoms with Crippen LogP contribution in [-0.2, 0) is 11.2 Å². The van der Waals surface area contributed by atoms with E-state index < -0.39 is 24.9 Å². The lowest BCUT2D eigenvalue weighted by Gasteiger charge is -2.39. The lowest BCUT2D eigenvalue weighted by Crippen LogP contribution is -2.58. The van der Waals surface area contributed by atoms with Crippen LogP contribution in [0.5, 0.6) is 17.2 Å². The van der Waals surface area contributed by atoms with E-state index in [0.717, 1.165) is 10.5 Å². The third kappa shape index (κ3) is 3.65. The fourth-order valence-electron chi connectivity index (χ4n) is 4.14. The average Bonchev–Trinajstić information content (AvgIpc) is 3.19. The zero-order valence-electron chi connectivity index (χ0n) is 17.6. The highest BCUT2D eigenvalue weighted by Crippen LogP contribution is 2.37. The molecule has 0 atom stereocenters. The minimum absolute atomic E-state index is 0.209. The number of allylic oxidation sites excluding steroid dienone is 1. The normalized spacial score (nSPS) is 16.1. The van der Waals surface area contributed by atoms with Gasteiger partial charge >= 0.3 is 0 Å². The number of hydrogen-bond donors (Lipinski definition) is 1. The van der Waals surface area contributed by atoms with Gasteiger partial charge in [0.1, 0.15) is 17.2 Å². The van der Waals surface area contributed by atoms with Crippen LogP contribution in [0.25, 0.3) is 16.5 Å². The highest BCUT2D eigenvalue weighted by Gasteiger charge is 2.47. The van der Waals surface area contributed by atoms with Crippen LogP contribution < -0.4 is 15.2 Å². The first-order chi connectivity index (χ1) is 15.8. The first-order valence-corrected chi connectivity index (χ1v) is 10.2. The standard InChI is InChI=1S/C24H19F2N3O4/c1-32-21-10-19-17(9-18(21)22(27)30)20(6-7-28-19)33-14-3-5-15-13(8-14)2-4-16(15)23(31)29-11-24(25,26)12-29/h3-10H,2,11-12H2,1H3,(H2,27,30). The van der Waals surface area contributed by atoms with E-state index in [1.54, 1.807) is 42.6 Å². The second-order valence-corrected chi connectivity index (χ2v) is 8.00. The Morgan fingerprint density at radius 3 is 2.61 bits per heavy atom. The van der Waals surface area contributed by atoms with Crippen molar-refractivity contribution in [2.75, 3.05) is 20.2 Å². The zero-order chi connectivity index (χ0) is 23.3. The number of nitrogens with two attached hydrogens (primary N) is 1. The second-order valence-electron chi connectivity index (χ2n) is 8.00. The Morgan fingerprint density at radius 1 is 1.12 bits per heavy atom. The Morgan fingerprint density at radius 2 is 1.91 bits per heavy atom. The minimum atomic E-state index is -2.80. The summed E-state index contributed by atoms with van der Waals surface area (Å²) in [6.07, 6.45) is 3.83. The van der Waals surface area contributed by atoms with Crippen molar-refractivity contribution in [3.63, 3.8) is 0 Å². The van der Waals surface area contributed by atoms with E-state index >= 15 is 0 Å². The van der Waals surface area contributed by atoms with Gasteiger partial charge in [0.2, 0.25) is 0 Å². The topological polar surface area (TPSA) is 94.8 Å². The summed E-state index contributed by atoms with van der Waals surface area (Å²) in [5, 5.41) is 0.584. The summed E-state index contributed by atoms with van der Waals surface area (Å²) >= 11 is 0. The number of methoxy groups -OCH3 is 1. The fourth-order valence-corrected chi connectivity index (χ4v) is 4.14. The highest BCUT2D eigenvalue weighted by molar-refractivity contribution is 6.21. The summed E-state index contributed by atoms with van der Waals surface area (Å²) in [5.41, 5.74) is 8.25. The molecule has 1 fully saturated rings. The fraction of sp³-hybridized carbons (Fsp3) is 0.208. The van der Waals surface area contributed by atoms with Gasteiger partial charge in [-0.2, -0.15) is 0 Å². The molecule has 168 valence electrons. The molecule has 2 aliphatic rings. The number of amides is 2. The van der Waals surface area contributed by atoms with Crippen LogP contribution in [0, 0.1) is 0 Å². The van der Waals surface area contributed by atoms with Crippen LogP contribution in [0.15, 0.2) is 48.7 Å². The Kier molecular flexibility index (Phi) is 4.77. The van der Waals surface area contributed by atoms with Gasteiger partial charge in [-0.3, -0.25) is 14.6 Å². The molecule has 0 spiro atoms. The third-order valence-corrected chi connectivity index (χ3v) is 5.77. The maximum absolute atomic E-state index is 13.1. The average molecular weight is 451 g/mol. The van der Waals surface area contributed by atoms with Gasteiger partial charge in [0.15, 0.2) is 0 Å². The van der Waals surface area contributed by atoms with Crippen LogP contribution in [-0.4, -0.2) is 47.8 Å². The Balaban J connectivity index is 1.42. The number of rotatable bonds is 5. The van der Waals surface area contributed by atoms with Crippen LogP contribution in [0.2, 0.25) is 0 Å². The van der Waals surface area contributed by atoms with Gasteiger partial charge in [-0.25, -0.2) is 8.78 Å². The van der Waals surface area contributed by atoms with Gasteiger partial charge in [0, 0.05) is 23.2 Å². The van der Waals surface area contributed by atoms with Gasteiger partial charge in [0.05, 0.1) is 31.3 Å². The molecule has 1 aliphatic heterocycles. The van der Waals surface area contributed by atoms with Gasteiger partial charge < -0.3 is 20.1 Å². The third-order valence-electron chi connectivity index (χ3n) is 5.77. The van der Waals surface area contributed by atoms with Crippen molar-refractivity contribution >= 4 is 28.3 Å². The van der Waals surface area contributed by atoms with Crippen LogP contribution in [0.3, 0.4) is 0 Å². The molecule has 2 N–H and O–H groups in total. The van der Waals surface area contributed by atoms with Gasteiger partial charge in [-0.1, -0.05) is 12.1 Å². The molecule has 1 saturated heterocycles. The van der Waals surface area contributed by atoms with Crippen molar-refractivity contribution in [3.8, 4) is 17.2 Å². The number of benzene rings is 2. The SMILES string of the molecule is COc1cc2nccc(Oc3ccc4c(c3)CC=C4C(=O)N3CC(F)(F)C3)c2cc1C(N)=O. The number of carbonyl (C=O) groups is 2. The summed E-state index contributed by atoms with van der Waals surface area (Å²) in [7, 11) is 1.44. The molecule has 2 amide bonds. The number of ether oxygens (including phenoxy) is 2. The van der Waals surface area contributed by atoms with Gasteiger partial charge in [-0.05, 0) is 41.8 Å². The number of primary amides is 1. The highest BCUT2D eigenvalue weighted by atomic mass is 19.3. The summed E-state index contributed by atoms with van der Waals surface area (Å²) in [5.74, 6) is -2.52. The summed E-state index contributed by atoms with van der Waals surface area (Å²) < 4.78 is 37.6. The largest absolute Gasteiger partial charge is 0.496 e. The Hall–Kier alpha value is -4.01. The molecule has 0 radical (unpaired) electrons. The molecule has 33 heavy (non-hydrogen) atoms. The van der Waals surface area contributed by atoms with Crippen LogP contribution in [0.1, 0.15) is 21.5 Å². The van der Waals surface area contributed by atoms with Gasteiger partial charge in [-0.15, -0.1) is 0 Å². The van der Waals surface area contributed by atoms with Crippen molar-refractivity contribution in [1.82, 2.24) is 9.88 Å². The van der Waals surface area contributed by atoms with E-state index in [0.29, 0.717) is 45.7 Å². The first kappa shape index (κ1) is 20.9. The Bertz CT molecular complexity index is 1350. The summed E-state index contributed by atoms with van der Waals surface area (Å²) in [6, 6.07) is 10.1. The van der Waals surface area contributed by atoms with Crippen LogP contribution >= 0.6 is 0 Å². The van der Waals surface area contributed by atoms with Crippen molar-refractivity contribution < 1.29 is 27.8 Å². The number of aromatic nitrogens is 1. The quantitative estimate of drug-likeness (QED) is 0.640. The second kappa shape index (κ2) is 7.54. The van der Waals surface area contributed by atoms with Crippen molar-refractivity contribution in [2.24, 2.45) is 5.73 Å². The predicted molar refractivity (Wildman–Crippen MR) is 117 cm³/mol. The van der Waals surface area contributed by atoms with Crippen LogP contribution in [0.4, 0.5) is 8.78 Å². The summed E-state index contributed by atoms with van der Waals surface area (Å²) in [4.78, 5) is 29.9. The van der Waals surface area contributed by atoms with Gasteiger partial charge in [0.25, 0.3) is 17.7 Å². The number of halogens is 2. The van der Waals surface area contributed by atoms with E-state index in [1.165, 1.54) is 7.11 Å². The molecule has 1 aliphatic carbocycles. The van der Waals surface area contributed by atoms with E-state index in [9.17, 15) is 18.4 Å². The molecule has 9 heteroatoms. The molecule has 0 bridgehead atoms. The minimum Gasteiger partial charge on any atom is -0.496 e. The van der Waals surface area contributed by atoms with Crippen molar-refractivity contribution in [2.45, 2.75) is 12.3 Å². The number of alkyl halides is 2. The number of carbonyl (C=O) groups excluding carboxylic acids is 2. The molecule has 2 heterocycles. The van der Waals surface area contributed by atoms with E-state index in [2.05, 4.69) is 4.98 Å². The molecule has 5 rings (SSSR count). The maximum Gasteiger partial charge on any atom is 0.282 e. The van der Waals surface area contributed by atoms with Crippen molar-refractivity contribution in [3.05, 3.63) is 65.4 Å². The number of likely N-dealkylation sites (tertiary alicyclic amines) is 1. The number of fused-ring (bicyclic) bond motifs is 2. The molecule has 0 saturated carbocycles. The zero-order valence-corrected chi connectivity index (χ0v) is 17.6. The van der Waals surface area contributed by atoms with Crippen molar-refractivity contribution in [1.29, 1.82) is 0 Å². The molecule has 0 unspecified atom stereocenters.